The first-order valence-corrected chi connectivity index (χ1v) is 14.2. The van der Waals surface area contributed by atoms with Crippen molar-refractivity contribution in [2.24, 2.45) is 5.73 Å². The van der Waals surface area contributed by atoms with Crippen molar-refractivity contribution in [3.05, 3.63) is 0 Å². The summed E-state index contributed by atoms with van der Waals surface area (Å²) in [5.74, 6) is 0. The summed E-state index contributed by atoms with van der Waals surface area (Å²) in [6.07, 6.45) is -27.7. The maximum Gasteiger partial charge on any atom is 0.187 e. The summed E-state index contributed by atoms with van der Waals surface area (Å²) in [5.41, 5.74) is 6.38. The number of aliphatic hydroxyl groups is 10. The second-order valence-electron chi connectivity index (χ2n) is 11.5. The van der Waals surface area contributed by atoms with Gasteiger partial charge >= 0.3 is 0 Å². The van der Waals surface area contributed by atoms with Crippen LogP contribution in [0.4, 0.5) is 0 Å². The Kier molecular flexibility index (Phi) is 11.7. The van der Waals surface area contributed by atoms with Gasteiger partial charge in [-0.3, -0.25) is 0 Å². The van der Waals surface area contributed by atoms with Crippen LogP contribution >= 0.6 is 0 Å². The van der Waals surface area contributed by atoms with E-state index in [9.17, 15) is 51.1 Å². The van der Waals surface area contributed by atoms with Crippen molar-refractivity contribution >= 4 is 0 Å². The van der Waals surface area contributed by atoms with E-state index in [1.807, 2.05) is 0 Å². The van der Waals surface area contributed by atoms with Gasteiger partial charge < -0.3 is 90.0 Å². The van der Waals surface area contributed by atoms with Gasteiger partial charge in [-0.05, 0) is 20.8 Å². The van der Waals surface area contributed by atoms with Gasteiger partial charge in [0, 0.05) is 0 Å². The number of hydrogen-bond acceptors (Lipinski definition) is 18. The zero-order valence-electron chi connectivity index (χ0n) is 23.9. The van der Waals surface area contributed by atoms with E-state index in [1.54, 1.807) is 6.92 Å². The third kappa shape index (κ3) is 7.02. The molecule has 4 saturated heterocycles. The fourth-order valence-corrected chi connectivity index (χ4v) is 5.65. The number of hydrogen-bond donors (Lipinski definition) is 11. The Bertz CT molecular complexity index is 891. The van der Waals surface area contributed by atoms with Crippen molar-refractivity contribution in [2.75, 3.05) is 13.2 Å². The van der Waals surface area contributed by atoms with E-state index in [-0.39, 0.29) is 0 Å². The predicted molar refractivity (Wildman–Crippen MR) is 136 cm³/mol. The molecule has 12 N–H and O–H groups in total. The molecule has 0 aromatic rings. The molecule has 12 unspecified atom stereocenters. The Labute approximate surface area is 247 Å². The van der Waals surface area contributed by atoms with Crippen LogP contribution < -0.4 is 5.73 Å². The molecule has 0 bridgehead atoms. The molecule has 4 aliphatic rings. The highest BCUT2D eigenvalue weighted by atomic mass is 16.8. The molecule has 0 aliphatic carbocycles. The standard InChI is InChI=1S/C25H45NO17/c1-6-11(26)21(42-23-18(35)15(32)12(29)7(2)38-23)20(10(5-28)37-6)41-25-22(17(34)14(31)9(4-27)40-25)43-24-19(36)16(33)13(30)8(3)39-24/h6-25,27-36H,4-5,26H2,1-3H3/t6-,7?,8?,9?,10?,11?,12+,13-,14-,15?,16?,17?,18?,19?,20-,21?,22?,23+,24-,25-/m0/s1. The Balaban J connectivity index is 1.62. The van der Waals surface area contributed by atoms with Gasteiger partial charge in [0.1, 0.15) is 79.4 Å². The molecule has 0 spiro atoms. The smallest absolute Gasteiger partial charge is 0.187 e. The molecule has 0 amide bonds. The number of nitrogens with two attached hydrogens (primary N) is 1. The average Bonchev–Trinajstić information content (AvgIpc) is 2.98. The van der Waals surface area contributed by atoms with Crippen LogP contribution in [0.25, 0.3) is 0 Å². The lowest BCUT2D eigenvalue weighted by atomic mass is 9.92. The third-order valence-electron chi connectivity index (χ3n) is 8.50. The minimum atomic E-state index is -1.82. The van der Waals surface area contributed by atoms with Gasteiger partial charge in [0.25, 0.3) is 0 Å². The van der Waals surface area contributed by atoms with E-state index in [4.69, 9.17) is 38.9 Å². The third-order valence-corrected chi connectivity index (χ3v) is 8.50. The molecule has 20 atom stereocenters. The summed E-state index contributed by atoms with van der Waals surface area (Å²) in [6.45, 7) is 3.03. The molecule has 0 aromatic carbocycles. The van der Waals surface area contributed by atoms with E-state index in [0.717, 1.165) is 0 Å². The first kappa shape index (κ1) is 35.1. The summed E-state index contributed by atoms with van der Waals surface area (Å²) in [6, 6.07) is -1.00. The van der Waals surface area contributed by atoms with Gasteiger partial charge in [0.05, 0.1) is 37.6 Å². The number of aliphatic hydroxyl groups excluding tert-OH is 10. The van der Waals surface area contributed by atoms with Crippen LogP contribution in [0.5, 0.6) is 0 Å². The van der Waals surface area contributed by atoms with Crippen molar-refractivity contribution < 1.29 is 84.2 Å². The second-order valence-corrected chi connectivity index (χ2v) is 11.5. The van der Waals surface area contributed by atoms with Crippen LogP contribution in [-0.4, -0.2) is 187 Å². The van der Waals surface area contributed by atoms with Crippen LogP contribution in [0.3, 0.4) is 0 Å². The van der Waals surface area contributed by atoms with E-state index >= 15 is 0 Å². The van der Waals surface area contributed by atoms with Crippen molar-refractivity contribution in [2.45, 2.75) is 143 Å². The van der Waals surface area contributed by atoms with Crippen molar-refractivity contribution in [3.63, 3.8) is 0 Å². The van der Waals surface area contributed by atoms with E-state index in [0.29, 0.717) is 0 Å². The van der Waals surface area contributed by atoms with Crippen LogP contribution in [0.2, 0.25) is 0 Å². The fraction of sp³-hybridized carbons (Fsp3) is 1.00. The molecule has 4 heterocycles. The van der Waals surface area contributed by atoms with E-state index < -0.39 is 136 Å². The van der Waals surface area contributed by atoms with Gasteiger partial charge in [0.2, 0.25) is 0 Å². The summed E-state index contributed by atoms with van der Waals surface area (Å²) >= 11 is 0. The average molecular weight is 632 g/mol. The lowest BCUT2D eigenvalue weighted by Gasteiger charge is -2.50. The van der Waals surface area contributed by atoms with Crippen LogP contribution in [0.15, 0.2) is 0 Å². The Morgan fingerprint density at radius 3 is 1.42 bits per heavy atom. The van der Waals surface area contributed by atoms with Crippen molar-refractivity contribution in [1.29, 1.82) is 0 Å². The molecule has 4 aliphatic heterocycles. The zero-order valence-corrected chi connectivity index (χ0v) is 23.9. The first-order valence-electron chi connectivity index (χ1n) is 14.2. The number of ether oxygens (including phenoxy) is 7. The minimum absolute atomic E-state index is 0.647. The molecule has 252 valence electrons. The fourth-order valence-electron chi connectivity index (χ4n) is 5.65. The largest absolute Gasteiger partial charge is 0.394 e. The van der Waals surface area contributed by atoms with Gasteiger partial charge in [-0.15, -0.1) is 0 Å². The molecule has 4 rings (SSSR count). The summed E-state index contributed by atoms with van der Waals surface area (Å²) < 4.78 is 40.3. The molecular weight excluding hydrogens is 586 g/mol. The molecule has 18 nitrogen and oxygen atoms in total. The predicted octanol–water partition coefficient (Wildman–Crippen LogP) is -6.66. The monoisotopic (exact) mass is 631 g/mol. The quantitative estimate of drug-likeness (QED) is 0.119. The SMILES string of the molecule is CC1O[C@H](OC2C(N)[C@H](C)OC(CO)[C@@H]2O[C@@H]2OC(CO)[C@H](O)C(O)C2O[C@@H]2OC(C)[C@H](O)C(O)C2O)C(O)C(O)[C@@H]1O. The van der Waals surface area contributed by atoms with Crippen molar-refractivity contribution in [1.82, 2.24) is 0 Å². The van der Waals surface area contributed by atoms with Gasteiger partial charge in [-0.25, -0.2) is 0 Å². The summed E-state index contributed by atoms with van der Waals surface area (Å²) in [5, 5.41) is 103. The molecule has 43 heavy (non-hydrogen) atoms. The molecule has 0 saturated carbocycles. The molecule has 0 radical (unpaired) electrons. The summed E-state index contributed by atoms with van der Waals surface area (Å²) in [7, 11) is 0. The lowest BCUT2D eigenvalue weighted by Crippen LogP contribution is -2.68. The molecule has 0 aromatic heterocycles. The minimum Gasteiger partial charge on any atom is -0.394 e. The van der Waals surface area contributed by atoms with E-state index in [2.05, 4.69) is 0 Å². The van der Waals surface area contributed by atoms with Crippen LogP contribution in [-0.2, 0) is 33.2 Å². The topological polar surface area (TPSA) is 293 Å². The van der Waals surface area contributed by atoms with Gasteiger partial charge in [0.15, 0.2) is 18.9 Å². The summed E-state index contributed by atoms with van der Waals surface area (Å²) in [4.78, 5) is 0. The first-order chi connectivity index (χ1) is 20.2. The highest BCUT2D eigenvalue weighted by molar-refractivity contribution is 4.99. The van der Waals surface area contributed by atoms with Gasteiger partial charge in [-0.1, -0.05) is 0 Å². The maximum absolute atomic E-state index is 11.0. The Hall–Kier alpha value is -0.720. The Morgan fingerprint density at radius 2 is 0.930 bits per heavy atom. The lowest BCUT2D eigenvalue weighted by molar-refractivity contribution is -0.385. The van der Waals surface area contributed by atoms with Crippen molar-refractivity contribution in [3.8, 4) is 0 Å². The second kappa shape index (κ2) is 14.4. The molecular formula is C25H45NO17. The zero-order chi connectivity index (χ0) is 31.9. The maximum atomic E-state index is 11.0. The molecule has 18 heteroatoms. The number of rotatable bonds is 8. The normalized spacial score (nSPS) is 54.8. The highest BCUT2D eigenvalue weighted by Gasteiger charge is 2.54. The highest BCUT2D eigenvalue weighted by Crippen LogP contribution is 2.34. The Morgan fingerprint density at radius 1 is 0.465 bits per heavy atom. The van der Waals surface area contributed by atoms with Gasteiger partial charge in [-0.2, -0.15) is 0 Å². The van der Waals surface area contributed by atoms with E-state index in [1.165, 1.54) is 13.8 Å². The van der Waals surface area contributed by atoms with Crippen LogP contribution in [0.1, 0.15) is 20.8 Å². The molecule has 4 fully saturated rings. The van der Waals surface area contributed by atoms with Crippen LogP contribution in [0, 0.1) is 0 Å².